The predicted molar refractivity (Wildman–Crippen MR) is 70.6 cm³/mol. The molecule has 1 amide bonds. The minimum Gasteiger partial charge on any atom is -0.315 e. The Balaban J connectivity index is 2.63. The molecule has 0 fully saturated rings. The van der Waals surface area contributed by atoms with Crippen LogP contribution in [0.3, 0.4) is 0 Å². The molecule has 98 valence electrons. The lowest BCUT2D eigenvalue weighted by Gasteiger charge is -2.17. The van der Waals surface area contributed by atoms with Crippen molar-refractivity contribution in [2.75, 3.05) is 11.9 Å². The Morgan fingerprint density at radius 2 is 1.89 bits per heavy atom. The molecular weight excluding hydrogens is 232 g/mol. The van der Waals surface area contributed by atoms with E-state index < -0.39 is 4.92 Å². The SMILES string of the molecule is CCCCCC(=O)N(C)c1ccc([N+](=O)[O-])cc1. The third-order valence-electron chi connectivity index (χ3n) is 2.82. The summed E-state index contributed by atoms with van der Waals surface area (Å²) in [4.78, 5) is 23.4. The van der Waals surface area contributed by atoms with Crippen LogP contribution in [0.4, 0.5) is 11.4 Å². The van der Waals surface area contributed by atoms with Crippen molar-refractivity contribution in [1.29, 1.82) is 0 Å². The molecule has 5 heteroatoms. The molecule has 0 saturated carbocycles. The quantitative estimate of drug-likeness (QED) is 0.442. The van der Waals surface area contributed by atoms with Gasteiger partial charge in [0.15, 0.2) is 0 Å². The number of nitrogens with zero attached hydrogens (tertiary/aromatic N) is 2. The van der Waals surface area contributed by atoms with Crippen LogP contribution in [0.5, 0.6) is 0 Å². The molecule has 1 rings (SSSR count). The lowest BCUT2D eigenvalue weighted by atomic mass is 10.2. The molecule has 18 heavy (non-hydrogen) atoms. The number of nitro benzene ring substituents is 1. The second kappa shape index (κ2) is 6.74. The first kappa shape index (κ1) is 14.2. The van der Waals surface area contributed by atoms with Crippen LogP contribution in [-0.4, -0.2) is 17.9 Å². The predicted octanol–water partition coefficient (Wildman–Crippen LogP) is 3.14. The van der Waals surface area contributed by atoms with Gasteiger partial charge < -0.3 is 4.90 Å². The Hall–Kier alpha value is -1.91. The van der Waals surface area contributed by atoms with Crippen LogP contribution in [0.2, 0.25) is 0 Å². The van der Waals surface area contributed by atoms with Crippen molar-refractivity contribution in [3.05, 3.63) is 34.4 Å². The summed E-state index contributed by atoms with van der Waals surface area (Å²) in [5, 5.41) is 10.5. The molecule has 0 saturated heterocycles. The topological polar surface area (TPSA) is 63.5 Å². The highest BCUT2D eigenvalue weighted by molar-refractivity contribution is 5.92. The maximum Gasteiger partial charge on any atom is 0.269 e. The van der Waals surface area contributed by atoms with E-state index in [0.29, 0.717) is 12.1 Å². The molecular formula is C13H18N2O3. The number of benzene rings is 1. The van der Waals surface area contributed by atoms with Gasteiger partial charge in [0.05, 0.1) is 4.92 Å². The number of carbonyl (C=O) groups is 1. The molecule has 0 radical (unpaired) electrons. The van der Waals surface area contributed by atoms with Crippen molar-refractivity contribution >= 4 is 17.3 Å². The zero-order chi connectivity index (χ0) is 13.5. The monoisotopic (exact) mass is 250 g/mol. The molecule has 1 aromatic carbocycles. The summed E-state index contributed by atoms with van der Waals surface area (Å²) >= 11 is 0. The van der Waals surface area contributed by atoms with E-state index in [1.54, 1.807) is 24.1 Å². The molecule has 0 atom stereocenters. The number of carbonyl (C=O) groups excluding carboxylic acids is 1. The van der Waals surface area contributed by atoms with Gasteiger partial charge in [-0.2, -0.15) is 0 Å². The van der Waals surface area contributed by atoms with Gasteiger partial charge in [0, 0.05) is 31.3 Å². The fourth-order valence-electron chi connectivity index (χ4n) is 1.64. The first-order valence-corrected chi connectivity index (χ1v) is 6.07. The maximum atomic E-state index is 11.8. The smallest absolute Gasteiger partial charge is 0.269 e. The van der Waals surface area contributed by atoms with Crippen molar-refractivity contribution in [3.63, 3.8) is 0 Å². The van der Waals surface area contributed by atoms with Crippen LogP contribution in [0.15, 0.2) is 24.3 Å². The number of rotatable bonds is 6. The number of anilines is 1. The van der Waals surface area contributed by atoms with Gasteiger partial charge in [0.2, 0.25) is 5.91 Å². The summed E-state index contributed by atoms with van der Waals surface area (Å²) in [7, 11) is 1.69. The van der Waals surface area contributed by atoms with Crippen molar-refractivity contribution in [2.45, 2.75) is 32.6 Å². The molecule has 0 aliphatic heterocycles. The molecule has 0 unspecified atom stereocenters. The lowest BCUT2D eigenvalue weighted by Crippen LogP contribution is -2.25. The third-order valence-corrected chi connectivity index (χ3v) is 2.82. The molecule has 5 nitrogen and oxygen atoms in total. The van der Waals surface area contributed by atoms with Crippen LogP contribution >= 0.6 is 0 Å². The number of amides is 1. The van der Waals surface area contributed by atoms with Crippen molar-refractivity contribution in [2.24, 2.45) is 0 Å². The lowest BCUT2D eigenvalue weighted by molar-refractivity contribution is -0.384. The zero-order valence-electron chi connectivity index (χ0n) is 10.8. The zero-order valence-corrected chi connectivity index (χ0v) is 10.8. The van der Waals surface area contributed by atoms with Gasteiger partial charge in [-0.3, -0.25) is 14.9 Å². The van der Waals surface area contributed by atoms with E-state index >= 15 is 0 Å². The Morgan fingerprint density at radius 3 is 2.39 bits per heavy atom. The molecule has 0 aromatic heterocycles. The van der Waals surface area contributed by atoms with E-state index in [0.717, 1.165) is 19.3 Å². The van der Waals surface area contributed by atoms with Gasteiger partial charge in [0.1, 0.15) is 0 Å². The highest BCUT2D eigenvalue weighted by Crippen LogP contribution is 2.19. The molecule has 0 N–H and O–H groups in total. The first-order valence-electron chi connectivity index (χ1n) is 6.07. The van der Waals surface area contributed by atoms with E-state index in [-0.39, 0.29) is 11.6 Å². The number of hydrogen-bond acceptors (Lipinski definition) is 3. The number of nitro groups is 1. The molecule has 0 aliphatic carbocycles. The standard InChI is InChI=1S/C13H18N2O3/c1-3-4-5-6-13(16)14(2)11-7-9-12(10-8-11)15(17)18/h7-10H,3-6H2,1-2H3. The second-order valence-electron chi connectivity index (χ2n) is 4.18. The van der Waals surface area contributed by atoms with Crippen LogP contribution in [0, 0.1) is 10.1 Å². The van der Waals surface area contributed by atoms with Gasteiger partial charge in [-0.25, -0.2) is 0 Å². The van der Waals surface area contributed by atoms with Crippen molar-refractivity contribution in [1.82, 2.24) is 0 Å². The number of unbranched alkanes of at least 4 members (excludes halogenated alkanes) is 2. The van der Waals surface area contributed by atoms with Crippen LogP contribution < -0.4 is 4.90 Å². The van der Waals surface area contributed by atoms with E-state index in [9.17, 15) is 14.9 Å². The van der Waals surface area contributed by atoms with Gasteiger partial charge in [-0.15, -0.1) is 0 Å². The Labute approximate surface area is 107 Å². The van der Waals surface area contributed by atoms with Crippen LogP contribution in [0.25, 0.3) is 0 Å². The van der Waals surface area contributed by atoms with E-state index in [1.165, 1.54) is 12.1 Å². The van der Waals surface area contributed by atoms with Gasteiger partial charge in [-0.05, 0) is 18.6 Å². The number of non-ortho nitro benzene ring substituents is 1. The summed E-state index contributed by atoms with van der Waals surface area (Å²) in [6, 6.07) is 6.00. The average Bonchev–Trinajstić information content (AvgIpc) is 2.38. The average molecular weight is 250 g/mol. The molecule has 0 heterocycles. The van der Waals surface area contributed by atoms with Crippen molar-refractivity contribution < 1.29 is 9.72 Å². The summed E-state index contributed by atoms with van der Waals surface area (Å²) in [6.07, 6.45) is 3.52. The van der Waals surface area contributed by atoms with Crippen LogP contribution in [-0.2, 0) is 4.79 Å². The van der Waals surface area contributed by atoms with E-state index in [4.69, 9.17) is 0 Å². The Kier molecular flexibility index (Phi) is 5.30. The Morgan fingerprint density at radius 1 is 1.28 bits per heavy atom. The first-order chi connectivity index (χ1) is 8.56. The Bertz CT molecular complexity index is 415. The highest BCUT2D eigenvalue weighted by Gasteiger charge is 2.12. The van der Waals surface area contributed by atoms with Gasteiger partial charge >= 0.3 is 0 Å². The summed E-state index contributed by atoms with van der Waals surface area (Å²) in [6.45, 7) is 2.09. The summed E-state index contributed by atoms with van der Waals surface area (Å²) in [5.41, 5.74) is 0.715. The van der Waals surface area contributed by atoms with Gasteiger partial charge in [-0.1, -0.05) is 19.8 Å². The van der Waals surface area contributed by atoms with E-state index in [2.05, 4.69) is 6.92 Å². The fourth-order valence-corrected chi connectivity index (χ4v) is 1.64. The third kappa shape index (κ3) is 3.84. The van der Waals surface area contributed by atoms with Crippen molar-refractivity contribution in [3.8, 4) is 0 Å². The van der Waals surface area contributed by atoms with Crippen LogP contribution in [0.1, 0.15) is 32.6 Å². The minimum absolute atomic E-state index is 0.0329. The molecule has 0 bridgehead atoms. The summed E-state index contributed by atoms with van der Waals surface area (Å²) in [5.74, 6) is 0.0392. The molecule has 0 spiro atoms. The maximum absolute atomic E-state index is 11.8. The second-order valence-corrected chi connectivity index (χ2v) is 4.18. The normalized spacial score (nSPS) is 10.1. The van der Waals surface area contributed by atoms with Gasteiger partial charge in [0.25, 0.3) is 5.69 Å². The highest BCUT2D eigenvalue weighted by atomic mass is 16.6. The molecule has 1 aromatic rings. The minimum atomic E-state index is -0.452. The fraction of sp³-hybridized carbons (Fsp3) is 0.462. The largest absolute Gasteiger partial charge is 0.315 e. The van der Waals surface area contributed by atoms with E-state index in [1.807, 2.05) is 0 Å². The molecule has 0 aliphatic rings. The number of hydrogen-bond donors (Lipinski definition) is 0. The summed E-state index contributed by atoms with van der Waals surface area (Å²) < 4.78 is 0.